The molecule has 1 N–H and O–H groups in total. The minimum absolute atomic E-state index is 0.0225. The van der Waals surface area contributed by atoms with E-state index in [0.29, 0.717) is 19.0 Å². The molecule has 102 valence electrons. The molecule has 0 saturated carbocycles. The number of hydrogen-bond donors (Lipinski definition) is 1. The molecule has 0 bridgehead atoms. The van der Waals surface area contributed by atoms with E-state index in [-0.39, 0.29) is 15.7 Å². The minimum Gasteiger partial charge on any atom is -0.314 e. The third-order valence-electron chi connectivity index (χ3n) is 2.39. The summed E-state index contributed by atoms with van der Waals surface area (Å²) in [6, 6.07) is 3.80. The van der Waals surface area contributed by atoms with Gasteiger partial charge in [0.1, 0.15) is 5.82 Å². The lowest BCUT2D eigenvalue weighted by molar-refractivity contribution is 0.568. The highest BCUT2D eigenvalue weighted by Gasteiger charge is 2.15. The predicted molar refractivity (Wildman–Crippen MR) is 71.2 cm³/mol. The van der Waals surface area contributed by atoms with Crippen LogP contribution in [0.5, 0.6) is 0 Å². The number of benzene rings is 1. The lowest BCUT2D eigenvalue weighted by Gasteiger charge is -2.08. The van der Waals surface area contributed by atoms with Gasteiger partial charge in [-0.1, -0.05) is 25.4 Å². The molecular weight excluding hydrogens is 277 g/mol. The molecule has 0 aromatic heterocycles. The average Bonchev–Trinajstić information content (AvgIpc) is 2.28. The molecule has 0 heterocycles. The number of sulfone groups is 1. The first kappa shape index (κ1) is 15.4. The lowest BCUT2D eigenvalue weighted by Crippen LogP contribution is -2.25. The summed E-state index contributed by atoms with van der Waals surface area (Å²) >= 11 is 5.57. The summed E-state index contributed by atoms with van der Waals surface area (Å²) in [5.41, 5.74) is 0. The zero-order valence-electron chi connectivity index (χ0n) is 10.4. The van der Waals surface area contributed by atoms with Gasteiger partial charge in [-0.3, -0.25) is 0 Å². The Morgan fingerprint density at radius 2 is 2.06 bits per heavy atom. The van der Waals surface area contributed by atoms with E-state index in [2.05, 4.69) is 5.32 Å². The normalized spacial score (nSPS) is 12.1. The summed E-state index contributed by atoms with van der Waals surface area (Å²) in [5, 5.41) is 2.97. The van der Waals surface area contributed by atoms with Gasteiger partial charge >= 0.3 is 0 Å². The van der Waals surface area contributed by atoms with Gasteiger partial charge in [0.2, 0.25) is 0 Å². The Kier molecular flexibility index (Phi) is 5.56. The first-order valence-electron chi connectivity index (χ1n) is 5.74. The summed E-state index contributed by atoms with van der Waals surface area (Å²) in [7, 11) is -3.39. The maximum absolute atomic E-state index is 12.9. The zero-order chi connectivity index (χ0) is 13.8. The molecule has 0 fully saturated rings. The third kappa shape index (κ3) is 4.55. The molecule has 0 radical (unpaired) electrons. The summed E-state index contributed by atoms with van der Waals surface area (Å²) in [5.74, 6) is -0.591. The van der Waals surface area contributed by atoms with Gasteiger partial charge in [-0.05, 0) is 31.2 Å². The van der Waals surface area contributed by atoms with Crippen molar-refractivity contribution in [3.63, 3.8) is 0 Å². The van der Waals surface area contributed by atoms with Crippen molar-refractivity contribution in [1.82, 2.24) is 5.32 Å². The monoisotopic (exact) mass is 293 g/mol. The second kappa shape index (κ2) is 6.50. The van der Waals surface area contributed by atoms with E-state index in [9.17, 15) is 12.8 Å². The fourth-order valence-electron chi connectivity index (χ4n) is 1.44. The molecule has 0 spiro atoms. The molecule has 0 aliphatic rings. The predicted octanol–water partition coefficient (Wildman–Crippen LogP) is 2.64. The molecule has 1 rings (SSSR count). The van der Waals surface area contributed by atoms with Gasteiger partial charge in [-0.25, -0.2) is 12.8 Å². The summed E-state index contributed by atoms with van der Waals surface area (Å²) in [6.45, 7) is 4.62. The molecular formula is C12H17ClFNO2S. The molecule has 3 nitrogen and oxygen atoms in total. The van der Waals surface area contributed by atoms with Crippen LogP contribution >= 0.6 is 11.6 Å². The number of halogens is 2. The molecule has 0 aliphatic heterocycles. The third-order valence-corrected chi connectivity index (χ3v) is 4.48. The van der Waals surface area contributed by atoms with Crippen LogP contribution in [-0.4, -0.2) is 26.8 Å². The lowest BCUT2D eigenvalue weighted by atomic mass is 10.3. The quantitative estimate of drug-likeness (QED) is 0.648. The summed E-state index contributed by atoms with van der Waals surface area (Å²) in [6.07, 6.45) is 0.509. The zero-order valence-corrected chi connectivity index (χ0v) is 12.0. The van der Waals surface area contributed by atoms with Gasteiger partial charge in [0, 0.05) is 6.04 Å². The van der Waals surface area contributed by atoms with E-state index in [4.69, 9.17) is 11.6 Å². The van der Waals surface area contributed by atoms with Crippen LogP contribution in [0.1, 0.15) is 20.3 Å². The van der Waals surface area contributed by atoms with Crippen LogP contribution in [0.25, 0.3) is 0 Å². The molecule has 0 atom stereocenters. The van der Waals surface area contributed by atoms with E-state index in [0.717, 1.165) is 12.1 Å². The Bertz CT molecular complexity index is 503. The fourth-order valence-corrected chi connectivity index (χ4v) is 3.02. The first-order valence-corrected chi connectivity index (χ1v) is 7.77. The highest BCUT2D eigenvalue weighted by Crippen LogP contribution is 2.20. The molecule has 1 aromatic carbocycles. The van der Waals surface area contributed by atoms with Crippen molar-refractivity contribution in [1.29, 1.82) is 0 Å². The second-order valence-electron chi connectivity index (χ2n) is 4.36. The first-order chi connectivity index (χ1) is 8.33. The highest BCUT2D eigenvalue weighted by atomic mass is 35.5. The van der Waals surface area contributed by atoms with Gasteiger partial charge in [0.05, 0.1) is 15.7 Å². The van der Waals surface area contributed by atoms with Gasteiger partial charge in [0.15, 0.2) is 9.84 Å². The Morgan fingerprint density at radius 1 is 1.39 bits per heavy atom. The molecule has 0 amide bonds. The standard InChI is InChI=1S/C12H17ClFNO2S/c1-9(2)15-6-3-7-18(16,17)10-4-5-12(14)11(13)8-10/h4-5,8-9,15H,3,6-7H2,1-2H3. The van der Waals surface area contributed by atoms with E-state index >= 15 is 0 Å². The topological polar surface area (TPSA) is 46.2 Å². The van der Waals surface area contributed by atoms with E-state index < -0.39 is 15.7 Å². The SMILES string of the molecule is CC(C)NCCCS(=O)(=O)c1ccc(F)c(Cl)c1. The maximum atomic E-state index is 12.9. The van der Waals surface area contributed by atoms with Crippen molar-refractivity contribution in [2.75, 3.05) is 12.3 Å². The van der Waals surface area contributed by atoms with E-state index in [1.165, 1.54) is 6.07 Å². The Balaban J connectivity index is 2.66. The largest absolute Gasteiger partial charge is 0.314 e. The average molecular weight is 294 g/mol. The van der Waals surface area contributed by atoms with Crippen LogP contribution in [-0.2, 0) is 9.84 Å². The van der Waals surface area contributed by atoms with Gasteiger partial charge < -0.3 is 5.32 Å². The molecule has 0 aliphatic carbocycles. The van der Waals surface area contributed by atoms with Crippen LogP contribution in [0.4, 0.5) is 4.39 Å². The Hall–Kier alpha value is -0.650. The van der Waals surface area contributed by atoms with E-state index in [1.807, 2.05) is 13.8 Å². The fraction of sp³-hybridized carbons (Fsp3) is 0.500. The highest BCUT2D eigenvalue weighted by molar-refractivity contribution is 7.91. The van der Waals surface area contributed by atoms with Crippen molar-refractivity contribution >= 4 is 21.4 Å². The van der Waals surface area contributed by atoms with Gasteiger partial charge in [-0.15, -0.1) is 0 Å². The second-order valence-corrected chi connectivity index (χ2v) is 6.87. The molecule has 6 heteroatoms. The van der Waals surface area contributed by atoms with Crippen molar-refractivity contribution in [2.24, 2.45) is 0 Å². The number of nitrogens with one attached hydrogen (secondary N) is 1. The van der Waals surface area contributed by atoms with Gasteiger partial charge in [-0.2, -0.15) is 0 Å². The molecule has 0 saturated heterocycles. The molecule has 0 unspecified atom stereocenters. The van der Waals surface area contributed by atoms with E-state index in [1.54, 1.807) is 0 Å². The van der Waals surface area contributed by atoms with Crippen LogP contribution in [0, 0.1) is 5.82 Å². The maximum Gasteiger partial charge on any atom is 0.178 e. The minimum atomic E-state index is -3.39. The van der Waals surface area contributed by atoms with Crippen LogP contribution in [0.3, 0.4) is 0 Å². The van der Waals surface area contributed by atoms with Crippen LogP contribution < -0.4 is 5.32 Å². The molecule has 18 heavy (non-hydrogen) atoms. The Labute approximate surface area is 112 Å². The van der Waals surface area contributed by atoms with Crippen molar-refractivity contribution < 1.29 is 12.8 Å². The summed E-state index contributed by atoms with van der Waals surface area (Å²) in [4.78, 5) is 0.0680. The van der Waals surface area contributed by atoms with Crippen LogP contribution in [0.15, 0.2) is 23.1 Å². The summed E-state index contributed by atoms with van der Waals surface area (Å²) < 4.78 is 36.8. The van der Waals surface area contributed by atoms with Crippen molar-refractivity contribution in [2.45, 2.75) is 31.2 Å². The van der Waals surface area contributed by atoms with Crippen molar-refractivity contribution in [3.8, 4) is 0 Å². The van der Waals surface area contributed by atoms with Crippen LogP contribution in [0.2, 0.25) is 5.02 Å². The number of hydrogen-bond acceptors (Lipinski definition) is 3. The molecule has 1 aromatic rings. The smallest absolute Gasteiger partial charge is 0.178 e. The number of rotatable bonds is 6. The van der Waals surface area contributed by atoms with Gasteiger partial charge in [0.25, 0.3) is 0 Å². The Morgan fingerprint density at radius 3 is 2.61 bits per heavy atom. The van der Waals surface area contributed by atoms with Crippen molar-refractivity contribution in [3.05, 3.63) is 29.0 Å².